The van der Waals surface area contributed by atoms with Crippen LogP contribution in [0.5, 0.6) is 0 Å². The van der Waals surface area contributed by atoms with Crippen molar-refractivity contribution in [2.45, 2.75) is 31.5 Å². The molecular weight excluding hydrogens is 441 g/mol. The average Bonchev–Trinajstić information content (AvgIpc) is 3.47. The highest BCUT2D eigenvalue weighted by atomic mass is 19.3. The van der Waals surface area contributed by atoms with Gasteiger partial charge in [0.1, 0.15) is 11.9 Å². The van der Waals surface area contributed by atoms with Gasteiger partial charge in [-0.3, -0.25) is 9.78 Å². The summed E-state index contributed by atoms with van der Waals surface area (Å²) in [6.07, 6.45) is 0.726. The van der Waals surface area contributed by atoms with E-state index in [0.29, 0.717) is 29.9 Å². The highest BCUT2D eigenvalue weighted by molar-refractivity contribution is 5.94. The van der Waals surface area contributed by atoms with Gasteiger partial charge in [0, 0.05) is 35.8 Å². The first-order valence-corrected chi connectivity index (χ1v) is 11.2. The van der Waals surface area contributed by atoms with Crippen LogP contribution in [-0.2, 0) is 6.42 Å². The summed E-state index contributed by atoms with van der Waals surface area (Å²) in [6, 6.07) is 12.5. The Morgan fingerprint density at radius 1 is 1.18 bits per heavy atom. The van der Waals surface area contributed by atoms with Crippen LogP contribution in [0.3, 0.4) is 0 Å². The number of hydrogen-bond acceptors (Lipinski definition) is 4. The van der Waals surface area contributed by atoms with E-state index in [1.807, 2.05) is 24.4 Å². The fourth-order valence-electron chi connectivity index (χ4n) is 4.33. The molecule has 0 bridgehead atoms. The number of nitrogens with one attached hydrogen (secondary N) is 3. The quantitative estimate of drug-likeness (QED) is 0.351. The number of H-pyrrole nitrogens is 1. The highest BCUT2D eigenvalue weighted by Crippen LogP contribution is 2.30. The SMILES string of the molecule is C=C(Nc1ccc(CC(F)F)cc1)c1n[nH]c2ccc(-c3cnn(C4CCNCC4F)c3)cc12. The Balaban J connectivity index is 1.36. The van der Waals surface area contributed by atoms with Crippen LogP contribution >= 0.6 is 0 Å². The predicted octanol–water partition coefficient (Wildman–Crippen LogP) is 5.19. The molecule has 0 spiro atoms. The molecule has 5 rings (SSSR count). The molecule has 0 radical (unpaired) electrons. The molecule has 34 heavy (non-hydrogen) atoms. The molecule has 1 saturated heterocycles. The first-order valence-electron chi connectivity index (χ1n) is 11.2. The second-order valence-corrected chi connectivity index (χ2v) is 8.51. The summed E-state index contributed by atoms with van der Waals surface area (Å²) in [4.78, 5) is 0. The minimum absolute atomic E-state index is 0.265. The largest absolute Gasteiger partial charge is 0.354 e. The number of hydrogen-bond donors (Lipinski definition) is 3. The summed E-state index contributed by atoms with van der Waals surface area (Å²) in [5, 5.41) is 19.0. The first-order chi connectivity index (χ1) is 16.5. The molecule has 0 saturated carbocycles. The molecular formula is C25H25F3N6. The van der Waals surface area contributed by atoms with Gasteiger partial charge in [-0.25, -0.2) is 13.2 Å². The Morgan fingerprint density at radius 2 is 2.00 bits per heavy atom. The van der Waals surface area contributed by atoms with Crippen molar-refractivity contribution >= 4 is 22.3 Å². The molecule has 4 aromatic rings. The number of rotatable bonds is 7. The van der Waals surface area contributed by atoms with Crippen LogP contribution in [0.4, 0.5) is 18.9 Å². The lowest BCUT2D eigenvalue weighted by molar-refractivity contribution is 0.149. The van der Waals surface area contributed by atoms with Crippen molar-refractivity contribution in [1.29, 1.82) is 0 Å². The molecule has 0 amide bonds. The minimum atomic E-state index is -2.37. The smallest absolute Gasteiger partial charge is 0.242 e. The molecule has 6 nitrogen and oxygen atoms in total. The van der Waals surface area contributed by atoms with Crippen molar-refractivity contribution in [3.05, 3.63) is 72.7 Å². The lowest BCUT2D eigenvalue weighted by Gasteiger charge is -2.26. The molecule has 1 aliphatic rings. The van der Waals surface area contributed by atoms with Crippen LogP contribution in [0.2, 0.25) is 0 Å². The van der Waals surface area contributed by atoms with Crippen LogP contribution in [0.1, 0.15) is 23.7 Å². The van der Waals surface area contributed by atoms with E-state index in [4.69, 9.17) is 0 Å². The number of nitrogens with zero attached hydrogens (tertiary/aromatic N) is 3. The fourth-order valence-corrected chi connectivity index (χ4v) is 4.33. The van der Waals surface area contributed by atoms with E-state index in [2.05, 4.69) is 32.5 Å². The van der Waals surface area contributed by atoms with E-state index >= 15 is 0 Å². The van der Waals surface area contributed by atoms with E-state index in [9.17, 15) is 13.2 Å². The zero-order chi connectivity index (χ0) is 23.7. The number of aromatic nitrogens is 4. The van der Waals surface area contributed by atoms with E-state index < -0.39 is 12.6 Å². The van der Waals surface area contributed by atoms with Gasteiger partial charge in [-0.05, 0) is 48.4 Å². The fraction of sp³-hybridized carbons (Fsp3) is 0.280. The van der Waals surface area contributed by atoms with Crippen molar-refractivity contribution in [2.75, 3.05) is 18.4 Å². The zero-order valence-corrected chi connectivity index (χ0v) is 18.4. The molecule has 1 fully saturated rings. The maximum atomic E-state index is 14.3. The molecule has 2 unspecified atom stereocenters. The third-order valence-electron chi connectivity index (χ3n) is 6.14. The number of halogens is 3. The standard InChI is InChI=1S/C25H25F3N6/c1-15(31-19-5-2-16(3-6-19)10-24(27)28)25-20-11-17(4-7-22(20)32-33-25)18-12-30-34(14-18)23-8-9-29-13-21(23)26/h2-7,11-12,14,21,23-24,29,31H,1,8-10,13H2,(H,32,33). The van der Waals surface area contributed by atoms with Crippen LogP contribution in [0, 0.1) is 0 Å². The first kappa shape index (κ1) is 22.2. The highest BCUT2D eigenvalue weighted by Gasteiger charge is 2.26. The Kier molecular flexibility index (Phi) is 6.10. The number of alkyl halides is 3. The number of benzene rings is 2. The van der Waals surface area contributed by atoms with Gasteiger partial charge < -0.3 is 10.6 Å². The van der Waals surface area contributed by atoms with Crippen molar-refractivity contribution in [2.24, 2.45) is 0 Å². The molecule has 176 valence electrons. The summed E-state index contributed by atoms with van der Waals surface area (Å²) in [7, 11) is 0. The van der Waals surface area contributed by atoms with Crippen molar-refractivity contribution in [3.63, 3.8) is 0 Å². The number of fused-ring (bicyclic) bond motifs is 1. The topological polar surface area (TPSA) is 70.6 Å². The Labute approximate surface area is 194 Å². The molecule has 1 aliphatic heterocycles. The third kappa shape index (κ3) is 4.56. The van der Waals surface area contributed by atoms with Crippen LogP contribution < -0.4 is 10.6 Å². The molecule has 3 heterocycles. The average molecular weight is 467 g/mol. The maximum absolute atomic E-state index is 14.3. The van der Waals surface area contributed by atoms with Gasteiger partial charge >= 0.3 is 0 Å². The Morgan fingerprint density at radius 3 is 2.76 bits per heavy atom. The summed E-state index contributed by atoms with van der Waals surface area (Å²) in [6.45, 7) is 5.23. The molecule has 2 aromatic heterocycles. The predicted molar refractivity (Wildman–Crippen MR) is 128 cm³/mol. The molecule has 3 N–H and O–H groups in total. The minimum Gasteiger partial charge on any atom is -0.354 e. The van der Waals surface area contributed by atoms with Gasteiger partial charge in [0.05, 0.1) is 23.5 Å². The second kappa shape index (κ2) is 9.34. The number of anilines is 1. The van der Waals surface area contributed by atoms with Gasteiger partial charge in [0.2, 0.25) is 6.43 Å². The molecule has 9 heteroatoms. The Hall–Kier alpha value is -3.59. The van der Waals surface area contributed by atoms with Crippen molar-refractivity contribution in [1.82, 2.24) is 25.3 Å². The Bertz CT molecular complexity index is 1290. The summed E-state index contributed by atoms with van der Waals surface area (Å²) >= 11 is 0. The van der Waals surface area contributed by atoms with E-state index in [0.717, 1.165) is 34.3 Å². The molecule has 0 aliphatic carbocycles. The molecule has 2 aromatic carbocycles. The van der Waals surface area contributed by atoms with Gasteiger partial charge in [-0.1, -0.05) is 24.8 Å². The number of aromatic amines is 1. The normalized spacial score (nSPS) is 18.5. The maximum Gasteiger partial charge on any atom is 0.242 e. The lowest BCUT2D eigenvalue weighted by Crippen LogP contribution is -2.39. The van der Waals surface area contributed by atoms with Gasteiger partial charge in [0.15, 0.2) is 0 Å². The number of piperidine rings is 1. The van der Waals surface area contributed by atoms with Gasteiger partial charge in [0.25, 0.3) is 0 Å². The summed E-state index contributed by atoms with van der Waals surface area (Å²) < 4.78 is 41.2. The van der Waals surface area contributed by atoms with Crippen molar-refractivity contribution < 1.29 is 13.2 Å². The summed E-state index contributed by atoms with van der Waals surface area (Å²) in [5.41, 5.74) is 5.23. The van der Waals surface area contributed by atoms with E-state index in [1.54, 1.807) is 35.1 Å². The zero-order valence-electron chi connectivity index (χ0n) is 18.4. The van der Waals surface area contributed by atoms with Crippen LogP contribution in [-0.4, -0.2) is 45.7 Å². The van der Waals surface area contributed by atoms with Gasteiger partial charge in [-0.2, -0.15) is 10.2 Å². The van der Waals surface area contributed by atoms with Gasteiger partial charge in [-0.15, -0.1) is 0 Å². The summed E-state index contributed by atoms with van der Waals surface area (Å²) in [5.74, 6) is 0. The van der Waals surface area contributed by atoms with E-state index in [-0.39, 0.29) is 12.5 Å². The van der Waals surface area contributed by atoms with Crippen LogP contribution in [0.15, 0.2) is 61.4 Å². The lowest BCUT2D eigenvalue weighted by atomic mass is 10.0. The molecule has 2 atom stereocenters. The van der Waals surface area contributed by atoms with Crippen LogP contribution in [0.25, 0.3) is 27.7 Å². The van der Waals surface area contributed by atoms with Crippen molar-refractivity contribution in [3.8, 4) is 11.1 Å². The third-order valence-corrected chi connectivity index (χ3v) is 6.14. The monoisotopic (exact) mass is 466 g/mol. The van der Waals surface area contributed by atoms with E-state index in [1.165, 1.54) is 0 Å². The second-order valence-electron chi connectivity index (χ2n) is 8.51.